The molecule has 0 aliphatic carbocycles. The summed E-state index contributed by atoms with van der Waals surface area (Å²) in [5, 5.41) is 10.0. The zero-order chi connectivity index (χ0) is 11.3. The topological polar surface area (TPSA) is 72.3 Å². The molecule has 1 aromatic rings. The molecule has 1 aromatic carbocycles. The molecule has 3 nitrogen and oxygen atoms in total. The number of benzene rings is 1. The summed E-state index contributed by atoms with van der Waals surface area (Å²) in [7, 11) is 0. The molecule has 0 saturated carbocycles. The van der Waals surface area contributed by atoms with Gasteiger partial charge in [0, 0.05) is 11.6 Å². The van der Waals surface area contributed by atoms with Gasteiger partial charge in [0.2, 0.25) is 0 Å². The molecular formula is C11H18Cl2N2O. The summed E-state index contributed by atoms with van der Waals surface area (Å²) in [6.07, 6.45) is 2.73. The predicted octanol–water partition coefficient (Wildman–Crippen LogP) is 2.60. The molecule has 0 heterocycles. The largest absolute Gasteiger partial charge is 0.506 e. The van der Waals surface area contributed by atoms with Crippen molar-refractivity contribution in [2.45, 2.75) is 25.3 Å². The Balaban J connectivity index is 0.00000225. The average Bonchev–Trinajstić information content (AvgIpc) is 2.22. The van der Waals surface area contributed by atoms with Gasteiger partial charge in [-0.25, -0.2) is 0 Å². The van der Waals surface area contributed by atoms with Crippen LogP contribution in [0.1, 0.15) is 30.9 Å². The van der Waals surface area contributed by atoms with Crippen molar-refractivity contribution in [2.24, 2.45) is 11.5 Å². The minimum absolute atomic E-state index is 0. The molecule has 92 valence electrons. The number of rotatable bonds is 5. The summed E-state index contributed by atoms with van der Waals surface area (Å²) in [6, 6.07) is 5.07. The first-order chi connectivity index (χ1) is 7.16. The SMILES string of the molecule is Cl.NCCCC[C@H](N)c1cccc(Cl)c1O. The van der Waals surface area contributed by atoms with E-state index in [1.807, 2.05) is 0 Å². The highest BCUT2D eigenvalue weighted by atomic mass is 35.5. The third kappa shape index (κ3) is 4.18. The lowest BCUT2D eigenvalue weighted by Crippen LogP contribution is -2.11. The second kappa shape index (κ2) is 7.74. The standard InChI is InChI=1S/C11H17ClN2O.ClH/c12-9-5-3-4-8(11(9)15)10(14)6-1-2-7-13;/h3-5,10,15H,1-2,6-7,13-14H2;1H/t10-;/m0./s1. The highest BCUT2D eigenvalue weighted by Gasteiger charge is 2.12. The Bertz CT molecular complexity index is 321. The van der Waals surface area contributed by atoms with Crippen LogP contribution in [0.2, 0.25) is 5.02 Å². The average molecular weight is 265 g/mol. The minimum atomic E-state index is -0.171. The summed E-state index contributed by atoms with van der Waals surface area (Å²) in [5.74, 6) is 0.0967. The van der Waals surface area contributed by atoms with Crippen LogP contribution in [0.25, 0.3) is 0 Å². The summed E-state index contributed by atoms with van der Waals surface area (Å²) in [5.41, 5.74) is 12.1. The number of hydrogen-bond acceptors (Lipinski definition) is 3. The fourth-order valence-electron chi connectivity index (χ4n) is 1.50. The molecule has 5 N–H and O–H groups in total. The number of nitrogens with two attached hydrogens (primary N) is 2. The van der Waals surface area contributed by atoms with E-state index in [1.54, 1.807) is 18.2 Å². The predicted molar refractivity (Wildman–Crippen MR) is 70.2 cm³/mol. The molecule has 0 bridgehead atoms. The van der Waals surface area contributed by atoms with Gasteiger partial charge in [0.15, 0.2) is 0 Å². The molecule has 0 amide bonds. The van der Waals surface area contributed by atoms with Crippen LogP contribution in [0.15, 0.2) is 18.2 Å². The normalized spacial score (nSPS) is 11.9. The van der Waals surface area contributed by atoms with Gasteiger partial charge in [-0.3, -0.25) is 0 Å². The van der Waals surface area contributed by atoms with E-state index in [4.69, 9.17) is 23.1 Å². The molecule has 1 atom stereocenters. The molecule has 5 heteroatoms. The molecule has 16 heavy (non-hydrogen) atoms. The van der Waals surface area contributed by atoms with Crippen LogP contribution in [0, 0.1) is 0 Å². The Morgan fingerprint density at radius 2 is 2.00 bits per heavy atom. The maximum absolute atomic E-state index is 9.69. The molecule has 0 spiro atoms. The maximum atomic E-state index is 9.69. The number of phenolic OH excluding ortho intramolecular Hbond substituents is 1. The van der Waals surface area contributed by atoms with E-state index in [1.165, 1.54) is 0 Å². The maximum Gasteiger partial charge on any atom is 0.138 e. The van der Waals surface area contributed by atoms with Crippen LogP contribution in [-0.4, -0.2) is 11.7 Å². The highest BCUT2D eigenvalue weighted by molar-refractivity contribution is 6.32. The molecular weight excluding hydrogens is 247 g/mol. The van der Waals surface area contributed by atoms with Crippen LogP contribution in [-0.2, 0) is 0 Å². The summed E-state index contributed by atoms with van der Waals surface area (Å²) >= 11 is 5.79. The first-order valence-electron chi connectivity index (χ1n) is 5.10. The Morgan fingerprint density at radius 3 is 2.62 bits per heavy atom. The van der Waals surface area contributed by atoms with Crippen LogP contribution < -0.4 is 11.5 Å². The van der Waals surface area contributed by atoms with Gasteiger partial charge >= 0.3 is 0 Å². The molecule has 0 radical (unpaired) electrons. The van der Waals surface area contributed by atoms with Gasteiger partial charge in [0.1, 0.15) is 5.75 Å². The van der Waals surface area contributed by atoms with E-state index in [9.17, 15) is 5.11 Å². The van der Waals surface area contributed by atoms with Crippen molar-refractivity contribution >= 4 is 24.0 Å². The Labute approximate surface area is 107 Å². The third-order valence-corrected chi connectivity index (χ3v) is 2.69. The first-order valence-corrected chi connectivity index (χ1v) is 5.47. The zero-order valence-corrected chi connectivity index (χ0v) is 10.6. The van der Waals surface area contributed by atoms with Crippen LogP contribution in [0.4, 0.5) is 0 Å². The van der Waals surface area contributed by atoms with Gasteiger partial charge in [-0.2, -0.15) is 0 Å². The number of hydrogen-bond donors (Lipinski definition) is 3. The number of para-hydroxylation sites is 1. The van der Waals surface area contributed by atoms with E-state index in [2.05, 4.69) is 0 Å². The molecule has 0 unspecified atom stereocenters. The van der Waals surface area contributed by atoms with Crippen LogP contribution >= 0.6 is 24.0 Å². The lowest BCUT2D eigenvalue weighted by Gasteiger charge is -2.13. The Hall–Kier alpha value is -0.480. The molecule has 0 saturated heterocycles. The third-order valence-electron chi connectivity index (χ3n) is 2.39. The first kappa shape index (κ1) is 15.5. The molecule has 0 fully saturated rings. The van der Waals surface area contributed by atoms with Crippen LogP contribution in [0.5, 0.6) is 5.75 Å². The van der Waals surface area contributed by atoms with E-state index in [0.717, 1.165) is 19.3 Å². The number of aromatic hydroxyl groups is 1. The lowest BCUT2D eigenvalue weighted by molar-refractivity contribution is 0.456. The van der Waals surface area contributed by atoms with Crippen molar-refractivity contribution in [3.8, 4) is 5.75 Å². The van der Waals surface area contributed by atoms with Gasteiger partial charge in [-0.1, -0.05) is 30.2 Å². The minimum Gasteiger partial charge on any atom is -0.506 e. The van der Waals surface area contributed by atoms with Crippen molar-refractivity contribution in [1.29, 1.82) is 0 Å². The molecule has 0 aliphatic rings. The summed E-state index contributed by atoms with van der Waals surface area (Å²) in [6.45, 7) is 0.675. The summed E-state index contributed by atoms with van der Waals surface area (Å²) < 4.78 is 0. The monoisotopic (exact) mass is 264 g/mol. The molecule has 1 rings (SSSR count). The van der Waals surface area contributed by atoms with E-state index in [0.29, 0.717) is 17.1 Å². The van der Waals surface area contributed by atoms with E-state index < -0.39 is 0 Å². The summed E-state index contributed by atoms with van der Waals surface area (Å²) in [4.78, 5) is 0. The van der Waals surface area contributed by atoms with Gasteiger partial charge in [-0.15, -0.1) is 12.4 Å². The van der Waals surface area contributed by atoms with Crippen molar-refractivity contribution in [2.75, 3.05) is 6.54 Å². The second-order valence-electron chi connectivity index (χ2n) is 3.57. The van der Waals surface area contributed by atoms with Gasteiger partial charge in [0.25, 0.3) is 0 Å². The fourth-order valence-corrected chi connectivity index (χ4v) is 1.68. The van der Waals surface area contributed by atoms with Gasteiger partial charge < -0.3 is 16.6 Å². The highest BCUT2D eigenvalue weighted by Crippen LogP contribution is 2.32. The van der Waals surface area contributed by atoms with E-state index >= 15 is 0 Å². The second-order valence-corrected chi connectivity index (χ2v) is 3.98. The zero-order valence-electron chi connectivity index (χ0n) is 9.03. The van der Waals surface area contributed by atoms with Crippen molar-refractivity contribution in [1.82, 2.24) is 0 Å². The van der Waals surface area contributed by atoms with Crippen molar-refractivity contribution in [3.05, 3.63) is 28.8 Å². The van der Waals surface area contributed by atoms with E-state index in [-0.39, 0.29) is 24.2 Å². The van der Waals surface area contributed by atoms with Crippen molar-refractivity contribution < 1.29 is 5.11 Å². The number of phenols is 1. The molecule has 0 aromatic heterocycles. The van der Waals surface area contributed by atoms with Gasteiger partial charge in [0.05, 0.1) is 5.02 Å². The fraction of sp³-hybridized carbons (Fsp3) is 0.455. The number of unbranched alkanes of at least 4 members (excludes halogenated alkanes) is 1. The molecule has 0 aliphatic heterocycles. The van der Waals surface area contributed by atoms with Crippen LogP contribution in [0.3, 0.4) is 0 Å². The lowest BCUT2D eigenvalue weighted by atomic mass is 10.0. The Morgan fingerprint density at radius 1 is 1.31 bits per heavy atom. The quantitative estimate of drug-likeness (QED) is 0.716. The smallest absolute Gasteiger partial charge is 0.138 e. The van der Waals surface area contributed by atoms with Crippen molar-refractivity contribution in [3.63, 3.8) is 0 Å². The number of halogens is 2. The Kier molecular flexibility index (Phi) is 7.51. The van der Waals surface area contributed by atoms with Gasteiger partial charge in [-0.05, 0) is 25.5 Å².